The highest BCUT2D eigenvalue weighted by molar-refractivity contribution is 5.93. The first-order valence-electron chi connectivity index (χ1n) is 10.7. The molecule has 0 unspecified atom stereocenters. The van der Waals surface area contributed by atoms with Gasteiger partial charge in [0.25, 0.3) is 5.56 Å². The summed E-state index contributed by atoms with van der Waals surface area (Å²) < 4.78 is 12.7. The number of carbonyl (C=O) groups excluding carboxylic acids is 2. The van der Waals surface area contributed by atoms with Gasteiger partial charge >= 0.3 is 11.9 Å². The van der Waals surface area contributed by atoms with Crippen LogP contribution < -0.4 is 11.3 Å². The predicted molar refractivity (Wildman–Crippen MR) is 129 cm³/mol. The number of nitrogens with zero attached hydrogens (tertiary/aromatic N) is 3. The van der Waals surface area contributed by atoms with Crippen LogP contribution in [-0.2, 0) is 37.8 Å². The third kappa shape index (κ3) is 3.43. The fraction of sp³-hybridized carbons (Fsp3) is 0.333. The van der Waals surface area contributed by atoms with Crippen molar-refractivity contribution in [2.24, 2.45) is 0 Å². The van der Waals surface area contributed by atoms with E-state index in [9.17, 15) is 14.4 Å². The summed E-state index contributed by atoms with van der Waals surface area (Å²) in [7, 11) is 3.46. The molecule has 1 atom stereocenters. The predicted octanol–water partition coefficient (Wildman–Crippen LogP) is 2.20. The Balaban J connectivity index is 0.00000274. The quantitative estimate of drug-likeness (QED) is 0.346. The molecule has 3 aromatic rings. The maximum atomic E-state index is 13.5. The van der Waals surface area contributed by atoms with Crippen LogP contribution >= 0.6 is 12.4 Å². The fourth-order valence-corrected chi connectivity index (χ4v) is 4.67. The molecule has 2 N–H and O–H groups in total. The Labute approximate surface area is 201 Å². The number of carbonyl (C=O) groups is 2. The first-order chi connectivity index (χ1) is 15.7. The van der Waals surface area contributed by atoms with Gasteiger partial charge in [0.15, 0.2) is 0 Å². The van der Waals surface area contributed by atoms with Crippen molar-refractivity contribution in [3.63, 3.8) is 0 Å². The summed E-state index contributed by atoms with van der Waals surface area (Å²) in [4.78, 5) is 45.4. The van der Waals surface area contributed by atoms with Crippen molar-refractivity contribution in [3.05, 3.63) is 57.4 Å². The Kier molecular flexibility index (Phi) is 5.87. The van der Waals surface area contributed by atoms with Crippen LogP contribution in [0.15, 0.2) is 35.1 Å². The molecule has 0 saturated carbocycles. The van der Waals surface area contributed by atoms with Crippen molar-refractivity contribution < 1.29 is 19.1 Å². The summed E-state index contributed by atoms with van der Waals surface area (Å²) in [6.07, 6.45) is 0.134. The van der Waals surface area contributed by atoms with E-state index in [4.69, 9.17) is 20.2 Å². The van der Waals surface area contributed by atoms with E-state index in [1.165, 1.54) is 0 Å². The molecule has 9 nitrogen and oxygen atoms in total. The minimum absolute atomic E-state index is 0. The van der Waals surface area contributed by atoms with Gasteiger partial charge in [0.1, 0.15) is 6.61 Å². The number of esters is 2. The van der Waals surface area contributed by atoms with Crippen LogP contribution in [0.5, 0.6) is 0 Å². The molecular formula is C24H25ClN4O5. The molecule has 0 aliphatic carbocycles. The topological polar surface area (TPSA) is 117 Å². The van der Waals surface area contributed by atoms with Crippen molar-refractivity contribution in [2.75, 3.05) is 26.4 Å². The number of ether oxygens (including phenoxy) is 2. The molecule has 10 heteroatoms. The van der Waals surface area contributed by atoms with Crippen molar-refractivity contribution in [1.29, 1.82) is 0 Å². The number of pyridine rings is 2. The van der Waals surface area contributed by atoms with Gasteiger partial charge in [0, 0.05) is 22.2 Å². The van der Waals surface area contributed by atoms with E-state index in [1.54, 1.807) is 36.6 Å². The minimum atomic E-state index is -1.68. The van der Waals surface area contributed by atoms with Gasteiger partial charge in [-0.3, -0.25) is 14.5 Å². The lowest BCUT2D eigenvalue weighted by Gasteiger charge is -2.35. The summed E-state index contributed by atoms with van der Waals surface area (Å²) in [5, 5.41) is 0.820. The van der Waals surface area contributed by atoms with Crippen LogP contribution in [0.4, 0.5) is 5.69 Å². The van der Waals surface area contributed by atoms with Crippen LogP contribution in [0.1, 0.15) is 30.0 Å². The molecule has 1 aromatic carbocycles. The average Bonchev–Trinajstić information content (AvgIpc) is 3.12. The Morgan fingerprint density at radius 2 is 2.06 bits per heavy atom. The number of likely N-dealkylation sites (N-methyl/N-ethyl adjacent to an activating group) is 1. The molecule has 34 heavy (non-hydrogen) atoms. The second-order valence-corrected chi connectivity index (χ2v) is 8.69. The number of fused-ring (bicyclic) bond motifs is 5. The Bertz CT molecular complexity index is 1400. The SMILES string of the molecule is CC[C@@]1(OC(=O)CN(C)C)C(=O)OCc2c1cc1n(c2=O)Cc2cc3c(N)cccc3nc2-1.Cl. The first kappa shape index (κ1) is 23.7. The third-order valence-corrected chi connectivity index (χ3v) is 6.29. The van der Waals surface area contributed by atoms with Gasteiger partial charge in [-0.05, 0) is 44.8 Å². The lowest BCUT2D eigenvalue weighted by Crippen LogP contribution is -2.48. The Morgan fingerprint density at radius 3 is 2.76 bits per heavy atom. The van der Waals surface area contributed by atoms with Crippen LogP contribution in [0.2, 0.25) is 0 Å². The monoisotopic (exact) mass is 484 g/mol. The fourth-order valence-electron chi connectivity index (χ4n) is 4.67. The van der Waals surface area contributed by atoms with Crippen molar-refractivity contribution >= 4 is 40.9 Å². The van der Waals surface area contributed by atoms with Gasteiger partial charge in [0.2, 0.25) is 5.60 Å². The molecule has 0 spiro atoms. The number of anilines is 1. The van der Waals surface area contributed by atoms with E-state index in [0.29, 0.717) is 40.3 Å². The molecule has 4 heterocycles. The van der Waals surface area contributed by atoms with E-state index in [0.717, 1.165) is 10.9 Å². The number of nitrogens with two attached hydrogens (primary N) is 1. The van der Waals surface area contributed by atoms with E-state index >= 15 is 0 Å². The van der Waals surface area contributed by atoms with Crippen LogP contribution in [0.3, 0.4) is 0 Å². The number of halogens is 1. The summed E-state index contributed by atoms with van der Waals surface area (Å²) in [5.41, 5.74) is 8.25. The molecule has 2 aliphatic rings. The maximum Gasteiger partial charge on any atom is 0.355 e. The number of hydrogen-bond acceptors (Lipinski definition) is 8. The zero-order valence-electron chi connectivity index (χ0n) is 19.1. The van der Waals surface area contributed by atoms with Crippen LogP contribution in [-0.4, -0.2) is 47.0 Å². The lowest BCUT2D eigenvalue weighted by atomic mass is 9.85. The van der Waals surface area contributed by atoms with Crippen molar-refractivity contribution in [2.45, 2.75) is 32.1 Å². The van der Waals surface area contributed by atoms with Gasteiger partial charge in [-0.2, -0.15) is 0 Å². The molecule has 0 radical (unpaired) electrons. The molecule has 178 valence electrons. The number of cyclic esters (lactones) is 1. The second kappa shape index (κ2) is 8.41. The average molecular weight is 485 g/mol. The van der Waals surface area contributed by atoms with Gasteiger partial charge in [-0.25, -0.2) is 9.78 Å². The number of benzene rings is 1. The van der Waals surface area contributed by atoms with E-state index in [2.05, 4.69) is 0 Å². The molecule has 0 saturated heterocycles. The summed E-state index contributed by atoms with van der Waals surface area (Å²) in [5.74, 6) is -1.25. The Hall–Kier alpha value is -3.43. The standard InChI is InChI=1S/C24H24N4O5.ClH/c1-4-24(33-20(29)11-27(2)3)16-9-19-21-13(8-14-17(25)6-5-7-18(14)26-21)10-28(19)22(30)15(16)12-32-23(24)31;/h5-9H,4,10-12,25H2,1-3H3;1H/t24-;/m0./s1. The van der Waals surface area contributed by atoms with E-state index in [1.807, 2.05) is 24.3 Å². The molecule has 2 aliphatic heterocycles. The summed E-state index contributed by atoms with van der Waals surface area (Å²) >= 11 is 0. The normalized spacial score (nSPS) is 18.1. The number of aromatic nitrogens is 2. The zero-order valence-corrected chi connectivity index (χ0v) is 19.9. The van der Waals surface area contributed by atoms with Crippen LogP contribution in [0.25, 0.3) is 22.3 Å². The van der Waals surface area contributed by atoms with E-state index < -0.39 is 17.5 Å². The largest absolute Gasteiger partial charge is 0.457 e. The number of hydrogen-bond donors (Lipinski definition) is 1. The minimum Gasteiger partial charge on any atom is -0.457 e. The zero-order chi connectivity index (χ0) is 23.5. The van der Waals surface area contributed by atoms with Gasteiger partial charge < -0.3 is 19.8 Å². The first-order valence-corrected chi connectivity index (χ1v) is 10.7. The van der Waals surface area contributed by atoms with E-state index in [-0.39, 0.29) is 37.5 Å². The second-order valence-electron chi connectivity index (χ2n) is 8.69. The van der Waals surface area contributed by atoms with Crippen LogP contribution in [0, 0.1) is 0 Å². The van der Waals surface area contributed by atoms with Gasteiger partial charge in [0.05, 0.1) is 35.6 Å². The molecule has 5 rings (SSSR count). The van der Waals surface area contributed by atoms with Gasteiger partial charge in [-0.15, -0.1) is 12.4 Å². The molecule has 2 aromatic heterocycles. The molecule has 0 amide bonds. The highest BCUT2D eigenvalue weighted by Gasteiger charge is 2.50. The smallest absolute Gasteiger partial charge is 0.355 e. The highest BCUT2D eigenvalue weighted by atomic mass is 35.5. The Morgan fingerprint density at radius 1 is 1.29 bits per heavy atom. The highest BCUT2D eigenvalue weighted by Crippen LogP contribution is 2.41. The number of nitrogen functional groups attached to an aromatic ring is 1. The molecule has 0 fully saturated rings. The van der Waals surface area contributed by atoms with Crippen molar-refractivity contribution in [3.8, 4) is 11.4 Å². The summed E-state index contributed by atoms with van der Waals surface area (Å²) in [6.45, 7) is 1.89. The van der Waals surface area contributed by atoms with Gasteiger partial charge in [-0.1, -0.05) is 13.0 Å². The molecular weight excluding hydrogens is 460 g/mol. The van der Waals surface area contributed by atoms with Crippen molar-refractivity contribution in [1.82, 2.24) is 14.5 Å². The molecule has 0 bridgehead atoms. The maximum absolute atomic E-state index is 13.5. The summed E-state index contributed by atoms with van der Waals surface area (Å²) in [6, 6.07) is 9.20. The number of rotatable bonds is 4. The third-order valence-electron chi connectivity index (χ3n) is 6.29. The lowest BCUT2D eigenvalue weighted by molar-refractivity contribution is -0.189.